The van der Waals surface area contributed by atoms with Gasteiger partial charge < -0.3 is 4.98 Å². The van der Waals surface area contributed by atoms with Gasteiger partial charge in [0, 0.05) is 17.1 Å². The predicted octanol–water partition coefficient (Wildman–Crippen LogP) is 1.67. The first-order valence-corrected chi connectivity index (χ1v) is 3.77. The molecule has 0 bridgehead atoms. The largest absolute Gasteiger partial charge is 0.361 e. The first-order valence-electron chi connectivity index (χ1n) is 3.19. The van der Waals surface area contributed by atoms with E-state index in [9.17, 15) is 0 Å². The van der Waals surface area contributed by atoms with E-state index < -0.39 is 0 Å². The van der Waals surface area contributed by atoms with Crippen molar-refractivity contribution >= 4 is 25.4 Å². The van der Waals surface area contributed by atoms with Crippen LogP contribution in [-0.4, -0.2) is 4.98 Å². The molecule has 1 heterocycles. The summed E-state index contributed by atoms with van der Waals surface area (Å²) in [6.45, 7) is 0. The van der Waals surface area contributed by atoms with Gasteiger partial charge in [-0.05, 0) is 11.4 Å². The summed E-state index contributed by atoms with van der Waals surface area (Å²) >= 11 is 0. The van der Waals surface area contributed by atoms with Gasteiger partial charge in [0.1, 0.15) is 0 Å². The third-order valence-corrected chi connectivity index (χ3v) is 2.10. The highest BCUT2D eigenvalue weighted by Gasteiger charge is 1.94. The second-order valence-corrected chi connectivity index (χ2v) is 2.91. The monoisotopic (exact) mass is 149 g/mol. The number of hydrogen-bond acceptors (Lipinski definition) is 0. The van der Waals surface area contributed by atoms with Crippen molar-refractivity contribution < 1.29 is 0 Å². The number of benzene rings is 1. The molecule has 2 heteroatoms. The van der Waals surface area contributed by atoms with Crippen molar-refractivity contribution in [3.63, 3.8) is 0 Å². The average Bonchev–Trinajstić information content (AvgIpc) is 2.34. The molecule has 1 aromatic carbocycles. The molecule has 0 fully saturated rings. The van der Waals surface area contributed by atoms with E-state index >= 15 is 0 Å². The molecular weight excluding hydrogens is 141 g/mol. The fourth-order valence-corrected chi connectivity index (χ4v) is 1.43. The molecule has 2 aromatic rings. The first-order chi connectivity index (χ1) is 4.88. The van der Waals surface area contributed by atoms with Crippen LogP contribution in [0.5, 0.6) is 0 Å². The quantitative estimate of drug-likeness (QED) is 0.548. The third-order valence-electron chi connectivity index (χ3n) is 1.62. The van der Waals surface area contributed by atoms with Gasteiger partial charge in [0.15, 0.2) is 0 Å². The van der Waals surface area contributed by atoms with Crippen molar-refractivity contribution in [1.29, 1.82) is 0 Å². The normalized spacial score (nSPS) is 10.5. The average molecular weight is 149 g/mol. The lowest BCUT2D eigenvalue weighted by atomic mass is 10.2. The highest BCUT2D eigenvalue weighted by atomic mass is 31.0. The van der Waals surface area contributed by atoms with Gasteiger partial charge in [0.05, 0.1) is 0 Å². The van der Waals surface area contributed by atoms with Gasteiger partial charge in [0.25, 0.3) is 0 Å². The molecular formula is C8H8NP. The molecule has 0 radical (unpaired) electrons. The highest BCUT2D eigenvalue weighted by Crippen LogP contribution is 2.10. The van der Waals surface area contributed by atoms with E-state index in [2.05, 4.69) is 26.4 Å². The summed E-state index contributed by atoms with van der Waals surface area (Å²) < 4.78 is 0. The summed E-state index contributed by atoms with van der Waals surface area (Å²) in [6.07, 6.45) is 2.00. The van der Waals surface area contributed by atoms with Gasteiger partial charge in [-0.15, -0.1) is 9.24 Å². The van der Waals surface area contributed by atoms with E-state index in [4.69, 9.17) is 0 Å². The van der Waals surface area contributed by atoms with Gasteiger partial charge >= 0.3 is 0 Å². The Balaban J connectivity index is 2.93. The molecule has 0 saturated carbocycles. The minimum absolute atomic E-state index is 1.20. The maximum Gasteiger partial charge on any atom is 0.0460 e. The van der Waals surface area contributed by atoms with Crippen LogP contribution in [0.3, 0.4) is 0 Å². The Hall–Kier alpha value is -0.810. The molecule has 1 N–H and O–H groups in total. The van der Waals surface area contributed by atoms with Crippen LogP contribution in [-0.2, 0) is 0 Å². The van der Waals surface area contributed by atoms with E-state index in [0.717, 1.165) is 0 Å². The van der Waals surface area contributed by atoms with E-state index in [1.807, 2.05) is 18.3 Å². The molecule has 1 nitrogen and oxygen atoms in total. The van der Waals surface area contributed by atoms with Crippen molar-refractivity contribution in [2.75, 3.05) is 0 Å². The van der Waals surface area contributed by atoms with Crippen molar-refractivity contribution in [2.45, 2.75) is 0 Å². The summed E-state index contributed by atoms with van der Waals surface area (Å²) in [7, 11) is 2.70. The molecule has 1 unspecified atom stereocenters. The van der Waals surface area contributed by atoms with Crippen LogP contribution < -0.4 is 5.30 Å². The molecule has 50 valence electrons. The lowest BCUT2D eigenvalue weighted by molar-refractivity contribution is 1.49. The first kappa shape index (κ1) is 5.94. The Labute approximate surface area is 61.7 Å². The number of hydrogen-bond donors (Lipinski definition) is 1. The molecule has 1 atom stereocenters. The SMILES string of the molecule is Pc1c[nH]c2ccccc12. The van der Waals surface area contributed by atoms with Crippen LogP contribution in [0.15, 0.2) is 30.5 Å². The van der Waals surface area contributed by atoms with Crippen molar-refractivity contribution in [1.82, 2.24) is 4.98 Å². The van der Waals surface area contributed by atoms with Crippen LogP contribution in [0.2, 0.25) is 0 Å². The molecule has 0 amide bonds. The predicted molar refractivity (Wildman–Crippen MR) is 47.6 cm³/mol. The summed E-state index contributed by atoms with van der Waals surface area (Å²) in [5.74, 6) is 0. The standard InChI is InChI=1S/C8H8NP/c10-8-5-9-7-4-2-1-3-6(7)8/h1-5,9H,10H2. The second kappa shape index (κ2) is 2.10. The molecule has 10 heavy (non-hydrogen) atoms. The zero-order valence-corrected chi connectivity index (χ0v) is 6.62. The van der Waals surface area contributed by atoms with Crippen LogP contribution in [0.25, 0.3) is 10.9 Å². The Bertz CT molecular complexity index is 351. The Morgan fingerprint density at radius 1 is 1.20 bits per heavy atom. The fraction of sp³-hybridized carbons (Fsp3) is 0. The molecule has 1 aromatic heterocycles. The van der Waals surface area contributed by atoms with Crippen LogP contribution >= 0.6 is 9.24 Å². The van der Waals surface area contributed by atoms with E-state index in [1.54, 1.807) is 0 Å². The maximum atomic E-state index is 3.17. The molecule has 0 saturated heterocycles. The molecule has 0 aliphatic rings. The van der Waals surface area contributed by atoms with E-state index in [0.29, 0.717) is 0 Å². The number of H-pyrrole nitrogens is 1. The topological polar surface area (TPSA) is 15.8 Å². The number of nitrogens with one attached hydrogen (secondary N) is 1. The Morgan fingerprint density at radius 3 is 2.80 bits per heavy atom. The smallest absolute Gasteiger partial charge is 0.0460 e. The summed E-state index contributed by atoms with van der Waals surface area (Å²) in [5.41, 5.74) is 1.20. The van der Waals surface area contributed by atoms with E-state index in [-0.39, 0.29) is 0 Å². The van der Waals surface area contributed by atoms with Crippen LogP contribution in [0, 0.1) is 0 Å². The van der Waals surface area contributed by atoms with Crippen molar-refractivity contribution in [3.05, 3.63) is 30.5 Å². The molecule has 2 rings (SSSR count). The van der Waals surface area contributed by atoms with Gasteiger partial charge in [0.2, 0.25) is 0 Å². The van der Waals surface area contributed by atoms with Gasteiger partial charge in [-0.3, -0.25) is 0 Å². The summed E-state index contributed by atoms with van der Waals surface area (Å²) in [5, 5.41) is 2.52. The summed E-state index contributed by atoms with van der Waals surface area (Å²) in [4.78, 5) is 3.17. The lowest BCUT2D eigenvalue weighted by Gasteiger charge is -1.86. The fourth-order valence-electron chi connectivity index (χ4n) is 1.09. The van der Waals surface area contributed by atoms with Crippen LogP contribution in [0.1, 0.15) is 0 Å². The Morgan fingerprint density at radius 2 is 2.00 bits per heavy atom. The minimum atomic E-state index is 1.20. The van der Waals surface area contributed by atoms with Gasteiger partial charge in [-0.2, -0.15) is 0 Å². The van der Waals surface area contributed by atoms with E-state index in [1.165, 1.54) is 16.2 Å². The molecule has 0 aliphatic carbocycles. The van der Waals surface area contributed by atoms with Crippen molar-refractivity contribution in [3.8, 4) is 0 Å². The number of para-hydroxylation sites is 1. The maximum absolute atomic E-state index is 3.17. The lowest BCUT2D eigenvalue weighted by Crippen LogP contribution is -1.81. The highest BCUT2D eigenvalue weighted by molar-refractivity contribution is 7.28. The van der Waals surface area contributed by atoms with Crippen LogP contribution in [0.4, 0.5) is 0 Å². The van der Waals surface area contributed by atoms with Gasteiger partial charge in [-0.1, -0.05) is 18.2 Å². The number of aromatic nitrogens is 1. The molecule has 0 aliphatic heterocycles. The summed E-state index contributed by atoms with van der Waals surface area (Å²) in [6, 6.07) is 8.25. The number of rotatable bonds is 0. The zero-order chi connectivity index (χ0) is 6.97. The second-order valence-electron chi connectivity index (χ2n) is 2.29. The zero-order valence-electron chi connectivity index (χ0n) is 5.46. The molecule has 0 spiro atoms. The van der Waals surface area contributed by atoms with Gasteiger partial charge in [-0.25, -0.2) is 0 Å². The van der Waals surface area contributed by atoms with Crippen molar-refractivity contribution in [2.24, 2.45) is 0 Å². The Kier molecular flexibility index (Phi) is 1.25. The number of aromatic amines is 1. The minimum Gasteiger partial charge on any atom is -0.361 e. The number of fused-ring (bicyclic) bond motifs is 1. The third kappa shape index (κ3) is 0.748.